The molecule has 0 saturated heterocycles. The minimum absolute atomic E-state index is 0.194. The van der Waals surface area contributed by atoms with Crippen molar-refractivity contribution in [2.45, 2.75) is 0 Å². The number of hydrogen-bond acceptors (Lipinski definition) is 2. The first-order valence-electron chi connectivity index (χ1n) is 3.97. The fourth-order valence-corrected chi connectivity index (χ4v) is 0.625. The van der Waals surface area contributed by atoms with Crippen molar-refractivity contribution in [3.8, 4) is 0 Å². The van der Waals surface area contributed by atoms with Crippen LogP contribution in [0.3, 0.4) is 0 Å². The van der Waals surface area contributed by atoms with Crippen molar-refractivity contribution in [1.29, 1.82) is 0 Å². The van der Waals surface area contributed by atoms with Gasteiger partial charge in [0.2, 0.25) is 0 Å². The predicted octanol–water partition coefficient (Wildman–Crippen LogP) is 3.54. The first-order valence-corrected chi connectivity index (χ1v) is 7.01. The molecule has 0 spiro atoms. The topological polar surface area (TPSA) is 25.8 Å². The van der Waals surface area contributed by atoms with Crippen LogP contribution in [0.2, 0.25) is 0 Å². The average molecular weight is 285 g/mol. The maximum atomic E-state index is 4.76. The molecule has 0 fully saturated rings. The molecule has 2 aromatic heterocycles. The molecule has 0 atom stereocenters. The second kappa shape index (κ2) is 13.4. The van der Waals surface area contributed by atoms with Gasteiger partial charge in [-0.1, -0.05) is 12.1 Å². The summed E-state index contributed by atoms with van der Waals surface area (Å²) in [4.78, 5) is 7.57. The summed E-state index contributed by atoms with van der Waals surface area (Å²) < 4.78 is 0. The van der Waals surface area contributed by atoms with E-state index in [0.29, 0.717) is 0 Å². The molecule has 0 radical (unpaired) electrons. The van der Waals surface area contributed by atoms with Gasteiger partial charge in [0.1, 0.15) is 0 Å². The van der Waals surface area contributed by atoms with Crippen molar-refractivity contribution in [3.63, 3.8) is 0 Å². The molecule has 5 heteroatoms. The summed E-state index contributed by atoms with van der Waals surface area (Å²) in [6, 6.07) is 11.4. The average Bonchev–Trinajstić information content (AvgIpc) is 2.35. The van der Waals surface area contributed by atoms with Gasteiger partial charge in [-0.2, -0.15) is 0 Å². The summed E-state index contributed by atoms with van der Waals surface area (Å²) in [6.07, 6.45) is 7.00. The Hall–Kier alpha value is -0.601. The van der Waals surface area contributed by atoms with E-state index in [0.717, 1.165) is 0 Å². The van der Waals surface area contributed by atoms with E-state index in [1.807, 2.05) is 36.4 Å². The fraction of sp³-hybridized carbons (Fsp3) is 0. The maximum absolute atomic E-state index is 4.76. The molecule has 0 N–H and O–H groups in total. The van der Waals surface area contributed by atoms with Gasteiger partial charge in [-0.15, -0.1) is 0 Å². The third-order valence-corrected chi connectivity index (χ3v) is 1.13. The molecule has 0 aliphatic carbocycles. The summed E-state index contributed by atoms with van der Waals surface area (Å²) in [5.41, 5.74) is 0. The quantitative estimate of drug-likeness (QED) is 0.692. The van der Waals surface area contributed by atoms with E-state index in [2.05, 4.69) is 9.97 Å². The van der Waals surface area contributed by atoms with Crippen LogP contribution in [0.1, 0.15) is 0 Å². The summed E-state index contributed by atoms with van der Waals surface area (Å²) in [7, 11) is 9.53. The molecule has 2 nitrogen and oxygen atoms in total. The van der Waals surface area contributed by atoms with Gasteiger partial charge < -0.3 is 0 Å². The van der Waals surface area contributed by atoms with Gasteiger partial charge >= 0.3 is 33.3 Å². The third kappa shape index (κ3) is 13.4. The van der Waals surface area contributed by atoms with E-state index >= 15 is 0 Å². The third-order valence-electron chi connectivity index (χ3n) is 1.13. The van der Waals surface area contributed by atoms with E-state index in [1.165, 1.54) is 0 Å². The Morgan fingerprint density at radius 1 is 0.600 bits per heavy atom. The number of nitrogens with zero attached hydrogens (tertiary/aromatic N) is 2. The van der Waals surface area contributed by atoms with Gasteiger partial charge in [-0.05, 0) is 24.3 Å². The van der Waals surface area contributed by atoms with Crippen molar-refractivity contribution in [1.82, 2.24) is 9.97 Å². The normalized spacial score (nSPS) is 7.87. The molecule has 0 aliphatic heterocycles. The fourth-order valence-electron chi connectivity index (χ4n) is 0.625. The first-order chi connectivity index (χ1) is 7.41. The van der Waals surface area contributed by atoms with Gasteiger partial charge in [-0.25, -0.2) is 0 Å². The smallest absolute Gasteiger partial charge is 0.0267 e. The Kier molecular flexibility index (Phi) is 12.9. The Labute approximate surface area is 104 Å². The van der Waals surface area contributed by atoms with Crippen molar-refractivity contribution < 1.29 is 13.1 Å². The molecule has 82 valence electrons. The predicted molar refractivity (Wildman–Crippen MR) is 60.2 cm³/mol. The van der Waals surface area contributed by atoms with Gasteiger partial charge in [0.25, 0.3) is 0 Å². The molecule has 15 heavy (non-hydrogen) atoms. The Balaban J connectivity index is 0.000000210. The van der Waals surface area contributed by atoms with Crippen LogP contribution < -0.4 is 0 Å². The van der Waals surface area contributed by atoms with Crippen LogP contribution in [-0.4, -0.2) is 9.97 Å². The maximum Gasteiger partial charge on any atom is 0.0267 e. The molecule has 0 unspecified atom stereocenters. The van der Waals surface area contributed by atoms with Crippen molar-refractivity contribution >= 4 is 20.2 Å². The van der Waals surface area contributed by atoms with Crippen molar-refractivity contribution in [3.05, 3.63) is 61.2 Å². The van der Waals surface area contributed by atoms with Gasteiger partial charge in [0, 0.05) is 24.8 Å². The molecular weight excluding hydrogens is 275 g/mol. The van der Waals surface area contributed by atoms with E-state index in [-0.39, 0.29) is 13.1 Å². The molecular formula is C10H10Cl2FeN2. The largest absolute Gasteiger partial charge is 0.265 e. The standard InChI is InChI=1S/2C5H5N.2ClH.Fe/c2*1-2-4-6-5-3-1;;;/h2*1-5H;2*1H;/q;;;;+2/p-2. The van der Waals surface area contributed by atoms with Crippen LogP contribution in [0.5, 0.6) is 0 Å². The zero-order valence-corrected chi connectivity index (χ0v) is 10.4. The molecule has 0 aliphatic rings. The molecule has 2 aromatic rings. The first kappa shape index (κ1) is 14.4. The van der Waals surface area contributed by atoms with Crippen LogP contribution in [-0.2, 0) is 13.1 Å². The Morgan fingerprint density at radius 3 is 0.933 bits per heavy atom. The number of hydrogen-bond donors (Lipinski definition) is 0. The minimum Gasteiger partial charge on any atom is -0.265 e. The van der Waals surface area contributed by atoms with E-state index in [4.69, 9.17) is 20.2 Å². The van der Waals surface area contributed by atoms with Crippen LogP contribution in [0.4, 0.5) is 0 Å². The zero-order valence-electron chi connectivity index (χ0n) is 7.78. The van der Waals surface area contributed by atoms with Crippen LogP contribution in [0, 0.1) is 0 Å². The number of aromatic nitrogens is 2. The Morgan fingerprint density at radius 2 is 0.867 bits per heavy atom. The zero-order chi connectivity index (χ0) is 11.2. The number of halogens is 2. The van der Waals surface area contributed by atoms with E-state index in [9.17, 15) is 0 Å². The summed E-state index contributed by atoms with van der Waals surface area (Å²) in [5.74, 6) is 0. The van der Waals surface area contributed by atoms with Crippen molar-refractivity contribution in [2.75, 3.05) is 0 Å². The monoisotopic (exact) mass is 284 g/mol. The van der Waals surface area contributed by atoms with E-state index < -0.39 is 0 Å². The molecule has 0 aromatic carbocycles. The van der Waals surface area contributed by atoms with Gasteiger partial charge in [0.15, 0.2) is 0 Å². The molecule has 2 heterocycles. The number of rotatable bonds is 0. The summed E-state index contributed by atoms with van der Waals surface area (Å²) in [6.45, 7) is 0. The molecule has 2 rings (SSSR count). The van der Waals surface area contributed by atoms with Crippen LogP contribution in [0.25, 0.3) is 0 Å². The van der Waals surface area contributed by atoms with Crippen LogP contribution in [0.15, 0.2) is 61.2 Å². The van der Waals surface area contributed by atoms with E-state index in [1.54, 1.807) is 24.8 Å². The molecule has 0 saturated carbocycles. The van der Waals surface area contributed by atoms with Gasteiger partial charge in [-0.3, -0.25) is 9.97 Å². The summed E-state index contributed by atoms with van der Waals surface area (Å²) >= 11 is 0.194. The minimum atomic E-state index is 0.194. The number of pyridine rings is 2. The van der Waals surface area contributed by atoms with Crippen molar-refractivity contribution in [2.24, 2.45) is 0 Å². The second-order valence-corrected chi connectivity index (χ2v) is 3.92. The SMILES string of the molecule is [Cl][Fe][Cl].c1ccncc1.c1ccncc1. The Bertz CT molecular complexity index is 210. The molecule has 0 amide bonds. The molecule has 0 bridgehead atoms. The summed E-state index contributed by atoms with van der Waals surface area (Å²) in [5, 5.41) is 0. The van der Waals surface area contributed by atoms with Gasteiger partial charge in [0.05, 0.1) is 0 Å². The second-order valence-electron chi connectivity index (χ2n) is 2.10. The van der Waals surface area contributed by atoms with Crippen LogP contribution >= 0.6 is 20.2 Å².